The van der Waals surface area contributed by atoms with Crippen LogP contribution >= 0.6 is 0 Å². The Bertz CT molecular complexity index is 5390. The lowest BCUT2D eigenvalue weighted by atomic mass is 9.33. The standard InChI is InChI=1S/C81H52BN7/c1-5-23-54(24-6-1)79-83-80(55-25-7-2-8-26-55)85-81(84-79)58-45-48-71(89-70-38-18-14-34-63(70)66-51-65-62-33-13-17-37-69(62)86(76(65)52-77(66)89)59-29-9-3-10-30-59)64(50-58)57-28-21-27-56(49-57)53-43-46-61(47-44-53)88-73-40-20-16-36-68(73)82-67-35-15-19-39-72(67)87(60-31-11-4-12-32-60)74-41-22-42-75(88)78(74)82/h1-52H. The van der Waals surface area contributed by atoms with E-state index in [0.717, 1.165) is 78.2 Å². The highest BCUT2D eigenvalue weighted by atomic mass is 15.2. The number of fused-ring (bicyclic) bond motifs is 10. The molecule has 5 heterocycles. The zero-order chi connectivity index (χ0) is 58.5. The van der Waals surface area contributed by atoms with Crippen LogP contribution in [0.15, 0.2) is 315 Å². The third-order valence-electron chi connectivity index (χ3n) is 18.1. The number of anilines is 6. The first-order chi connectivity index (χ1) is 44.2. The zero-order valence-electron chi connectivity index (χ0n) is 48.2. The van der Waals surface area contributed by atoms with Crippen LogP contribution in [0.25, 0.3) is 111 Å². The van der Waals surface area contributed by atoms with E-state index in [2.05, 4.69) is 298 Å². The van der Waals surface area contributed by atoms with E-state index in [1.165, 1.54) is 66.2 Å². The maximum atomic E-state index is 5.27. The molecule has 0 N–H and O–H groups in total. The molecule has 2 aliphatic heterocycles. The van der Waals surface area contributed by atoms with Crippen molar-refractivity contribution < 1.29 is 0 Å². The number of rotatable bonds is 9. The van der Waals surface area contributed by atoms with Crippen LogP contribution in [0.5, 0.6) is 0 Å². The quantitative estimate of drug-likeness (QED) is 0.135. The maximum absolute atomic E-state index is 5.27. The Morgan fingerprint density at radius 3 is 1.28 bits per heavy atom. The molecule has 3 aromatic heterocycles. The Labute approximate surface area is 515 Å². The van der Waals surface area contributed by atoms with Crippen molar-refractivity contribution >= 4 is 101 Å². The topological polar surface area (TPSA) is 55.0 Å². The van der Waals surface area contributed by atoms with Crippen LogP contribution in [-0.2, 0) is 0 Å². The van der Waals surface area contributed by atoms with Crippen LogP contribution in [0, 0.1) is 0 Å². The second-order valence-corrected chi connectivity index (χ2v) is 23.1. The first-order valence-electron chi connectivity index (χ1n) is 30.4. The van der Waals surface area contributed by atoms with Gasteiger partial charge in [-0.25, -0.2) is 15.0 Å². The number of benzene rings is 13. The highest BCUT2D eigenvalue weighted by Gasteiger charge is 2.43. The third kappa shape index (κ3) is 8.11. The summed E-state index contributed by atoms with van der Waals surface area (Å²) in [6, 6.07) is 114. The van der Waals surface area contributed by atoms with Crippen molar-refractivity contribution in [3.8, 4) is 67.8 Å². The van der Waals surface area contributed by atoms with Crippen molar-refractivity contribution in [3.63, 3.8) is 0 Å². The molecule has 89 heavy (non-hydrogen) atoms. The van der Waals surface area contributed by atoms with Gasteiger partial charge >= 0.3 is 0 Å². The molecule has 16 aromatic rings. The fourth-order valence-electron chi connectivity index (χ4n) is 14.2. The van der Waals surface area contributed by atoms with Crippen LogP contribution in [-0.4, -0.2) is 30.8 Å². The van der Waals surface area contributed by atoms with Crippen LogP contribution in [0.3, 0.4) is 0 Å². The number of aromatic nitrogens is 5. The molecular weight excluding hydrogens is 1080 g/mol. The van der Waals surface area contributed by atoms with Gasteiger partial charge in [0.05, 0.1) is 27.8 Å². The van der Waals surface area contributed by atoms with E-state index in [0.29, 0.717) is 17.5 Å². The van der Waals surface area contributed by atoms with Crippen LogP contribution in [0.2, 0.25) is 0 Å². The monoisotopic (exact) mass is 1130 g/mol. The van der Waals surface area contributed by atoms with Crippen molar-refractivity contribution in [3.05, 3.63) is 315 Å². The molecule has 0 bridgehead atoms. The van der Waals surface area contributed by atoms with Gasteiger partial charge in [0.25, 0.3) is 6.71 Å². The highest BCUT2D eigenvalue weighted by molar-refractivity contribution is 7.00. The van der Waals surface area contributed by atoms with Gasteiger partial charge in [0.15, 0.2) is 17.5 Å². The van der Waals surface area contributed by atoms with Gasteiger partial charge in [-0.1, -0.05) is 206 Å². The van der Waals surface area contributed by atoms with E-state index in [-0.39, 0.29) is 6.71 Å². The molecule has 0 amide bonds. The fourth-order valence-corrected chi connectivity index (χ4v) is 14.2. The summed E-state index contributed by atoms with van der Waals surface area (Å²) in [6.07, 6.45) is 0. The lowest BCUT2D eigenvalue weighted by molar-refractivity contribution is 1.07. The van der Waals surface area contributed by atoms with Crippen molar-refractivity contribution in [2.75, 3.05) is 9.80 Å². The molecule has 2 aliphatic rings. The molecule has 0 atom stereocenters. The second kappa shape index (κ2) is 20.4. The molecule has 0 fully saturated rings. The van der Waals surface area contributed by atoms with E-state index in [1.54, 1.807) is 0 Å². The first kappa shape index (κ1) is 50.5. The zero-order valence-corrected chi connectivity index (χ0v) is 48.2. The first-order valence-corrected chi connectivity index (χ1v) is 30.4. The molecule has 7 nitrogen and oxygen atoms in total. The van der Waals surface area contributed by atoms with Gasteiger partial charge in [-0.15, -0.1) is 0 Å². The van der Waals surface area contributed by atoms with E-state index in [4.69, 9.17) is 15.0 Å². The predicted octanol–water partition coefficient (Wildman–Crippen LogP) is 18.5. The summed E-state index contributed by atoms with van der Waals surface area (Å²) in [5.74, 6) is 1.83. The molecule has 0 aliphatic carbocycles. The normalized spacial score (nSPS) is 12.4. The molecule has 0 radical (unpaired) electrons. The summed E-state index contributed by atoms with van der Waals surface area (Å²) < 4.78 is 4.88. The summed E-state index contributed by atoms with van der Waals surface area (Å²) in [6.45, 7) is 0.0709. The summed E-state index contributed by atoms with van der Waals surface area (Å²) in [5.41, 5.74) is 24.6. The van der Waals surface area contributed by atoms with Gasteiger partial charge in [-0.2, -0.15) is 0 Å². The van der Waals surface area contributed by atoms with Crippen LogP contribution in [0.4, 0.5) is 34.1 Å². The molecule has 8 heteroatoms. The van der Waals surface area contributed by atoms with E-state index < -0.39 is 0 Å². The van der Waals surface area contributed by atoms with Gasteiger partial charge in [-0.05, 0) is 142 Å². The second-order valence-electron chi connectivity index (χ2n) is 23.1. The van der Waals surface area contributed by atoms with E-state index >= 15 is 0 Å². The third-order valence-corrected chi connectivity index (χ3v) is 18.1. The molecule has 0 spiro atoms. The van der Waals surface area contributed by atoms with Gasteiger partial charge in [0, 0.05) is 83.6 Å². The van der Waals surface area contributed by atoms with Crippen LogP contribution in [0.1, 0.15) is 0 Å². The Hall–Kier alpha value is -11.9. The Morgan fingerprint density at radius 2 is 0.674 bits per heavy atom. The molecular formula is C81H52BN7. The van der Waals surface area contributed by atoms with E-state index in [1.807, 2.05) is 36.4 Å². The molecule has 18 rings (SSSR count). The Morgan fingerprint density at radius 1 is 0.236 bits per heavy atom. The van der Waals surface area contributed by atoms with Crippen LogP contribution < -0.4 is 26.2 Å². The van der Waals surface area contributed by atoms with Crippen molar-refractivity contribution in [2.45, 2.75) is 0 Å². The summed E-state index contributed by atoms with van der Waals surface area (Å²) >= 11 is 0. The minimum atomic E-state index is 0.0709. The molecule has 0 unspecified atom stereocenters. The smallest absolute Gasteiger partial charge is 0.252 e. The average molecular weight is 1130 g/mol. The van der Waals surface area contributed by atoms with Gasteiger partial charge in [0.2, 0.25) is 0 Å². The average Bonchev–Trinajstić information content (AvgIpc) is 1.24. The highest BCUT2D eigenvalue weighted by Crippen LogP contribution is 2.46. The van der Waals surface area contributed by atoms with Crippen molar-refractivity contribution in [2.24, 2.45) is 0 Å². The van der Waals surface area contributed by atoms with Crippen molar-refractivity contribution in [1.82, 2.24) is 24.1 Å². The number of hydrogen-bond acceptors (Lipinski definition) is 5. The van der Waals surface area contributed by atoms with Crippen molar-refractivity contribution in [1.29, 1.82) is 0 Å². The van der Waals surface area contributed by atoms with Gasteiger partial charge in [0.1, 0.15) is 0 Å². The van der Waals surface area contributed by atoms with Gasteiger partial charge < -0.3 is 18.9 Å². The Balaban J connectivity index is 0.813. The number of para-hydroxylation sites is 6. The predicted molar refractivity (Wildman–Crippen MR) is 370 cm³/mol. The SMILES string of the molecule is c1ccc(-c2nc(-c3ccccc3)nc(-c3ccc(-n4c5ccccc5c5cc6c7ccccc7n(-c7ccccc7)c6cc54)c(-c4cccc(-c5ccc(N6c7ccccc7B7c8ccccc8N(c8ccccc8)c8cccc6c87)cc5)c4)c3)n2)cc1. The lowest BCUT2D eigenvalue weighted by Gasteiger charge is -2.44. The number of hydrogen-bond donors (Lipinski definition) is 0. The summed E-state index contributed by atoms with van der Waals surface area (Å²) in [4.78, 5) is 20.5. The fraction of sp³-hybridized carbons (Fsp3) is 0. The summed E-state index contributed by atoms with van der Waals surface area (Å²) in [5, 5.41) is 4.80. The molecule has 0 saturated heterocycles. The summed E-state index contributed by atoms with van der Waals surface area (Å²) in [7, 11) is 0. The molecule has 13 aromatic carbocycles. The van der Waals surface area contributed by atoms with E-state index in [9.17, 15) is 0 Å². The maximum Gasteiger partial charge on any atom is 0.252 e. The minimum absolute atomic E-state index is 0.0709. The molecule has 414 valence electrons. The number of nitrogens with zero attached hydrogens (tertiary/aromatic N) is 7. The minimum Gasteiger partial charge on any atom is -0.311 e. The largest absolute Gasteiger partial charge is 0.311 e. The Kier molecular flexibility index (Phi) is 11.6. The molecule has 0 saturated carbocycles. The van der Waals surface area contributed by atoms with Gasteiger partial charge in [-0.3, -0.25) is 0 Å². The lowest BCUT2D eigenvalue weighted by Crippen LogP contribution is -2.61.